The van der Waals surface area contributed by atoms with Crippen molar-refractivity contribution >= 4 is 24.7 Å². The van der Waals surface area contributed by atoms with Crippen molar-refractivity contribution in [3.05, 3.63) is 84.7 Å². The van der Waals surface area contributed by atoms with Gasteiger partial charge in [0.25, 0.3) is 0 Å². The largest absolute Gasteiger partial charge is 0.533 e. The number of aromatic nitrogens is 1. The molecule has 2 aromatic carbocycles. The quantitative estimate of drug-likeness (QED) is 0.340. The van der Waals surface area contributed by atoms with Crippen LogP contribution < -0.4 is 14.8 Å². The summed E-state index contributed by atoms with van der Waals surface area (Å²) >= 11 is 0. The summed E-state index contributed by atoms with van der Waals surface area (Å²) in [6.07, 6.45) is 3.66. The minimum absolute atomic E-state index is 0.139. The van der Waals surface area contributed by atoms with Crippen LogP contribution in [0.25, 0.3) is 0 Å². The number of pyridine rings is 1. The van der Waals surface area contributed by atoms with Crippen molar-refractivity contribution in [3.63, 3.8) is 0 Å². The van der Waals surface area contributed by atoms with E-state index in [1.165, 1.54) is 10.4 Å². The standard InChI is InChI=1S/C29H35NO4Si/c1-5-32-27(31)29(19-12-20-33-29)21-23-17-18-24(22-30-23)34-35(28(2,3)4,25-13-8-6-9-14-25)26-15-10-7-11-16-26/h6-11,13-18,22H,5,12,19-21H2,1-4H3. The van der Waals surface area contributed by atoms with Crippen LogP contribution in [0.5, 0.6) is 5.75 Å². The zero-order valence-corrected chi connectivity index (χ0v) is 22.1. The molecule has 0 radical (unpaired) electrons. The van der Waals surface area contributed by atoms with Gasteiger partial charge in [0.1, 0.15) is 5.75 Å². The van der Waals surface area contributed by atoms with Crippen LogP contribution in [-0.2, 0) is 20.7 Å². The highest BCUT2D eigenvalue weighted by atomic mass is 28.4. The molecule has 5 nitrogen and oxygen atoms in total. The number of carbonyl (C=O) groups excluding carboxylic acids is 1. The summed E-state index contributed by atoms with van der Waals surface area (Å²) in [5.41, 5.74) is -0.154. The van der Waals surface area contributed by atoms with Gasteiger partial charge in [0.2, 0.25) is 0 Å². The van der Waals surface area contributed by atoms with Crippen LogP contribution in [0.1, 0.15) is 46.2 Å². The molecule has 1 atom stereocenters. The van der Waals surface area contributed by atoms with E-state index in [1.54, 1.807) is 6.20 Å². The Morgan fingerprint density at radius 2 is 1.63 bits per heavy atom. The second-order valence-corrected chi connectivity index (χ2v) is 14.3. The summed E-state index contributed by atoms with van der Waals surface area (Å²) in [6.45, 7) is 9.47. The maximum atomic E-state index is 12.7. The highest BCUT2D eigenvalue weighted by Crippen LogP contribution is 2.37. The molecular formula is C29H35NO4Si. The molecule has 4 rings (SSSR count). The van der Waals surface area contributed by atoms with E-state index in [4.69, 9.17) is 18.9 Å². The topological polar surface area (TPSA) is 57.7 Å². The van der Waals surface area contributed by atoms with E-state index in [2.05, 4.69) is 69.3 Å². The lowest BCUT2D eigenvalue weighted by molar-refractivity contribution is -0.166. The van der Waals surface area contributed by atoms with Crippen LogP contribution in [0.4, 0.5) is 0 Å². The fraction of sp³-hybridized carbons (Fsp3) is 0.379. The molecule has 1 saturated heterocycles. The molecular weight excluding hydrogens is 454 g/mol. The second kappa shape index (κ2) is 10.3. The average molecular weight is 490 g/mol. The highest BCUT2D eigenvalue weighted by molar-refractivity contribution is 7.00. The number of nitrogens with zero attached hydrogens (tertiary/aromatic N) is 1. The van der Waals surface area contributed by atoms with E-state index >= 15 is 0 Å². The fourth-order valence-electron chi connectivity index (χ4n) is 5.03. The first-order valence-electron chi connectivity index (χ1n) is 12.4. The molecule has 0 amide bonds. The summed E-state index contributed by atoms with van der Waals surface area (Å²) in [5, 5.41) is 2.28. The molecule has 1 aromatic heterocycles. The first-order chi connectivity index (χ1) is 16.8. The van der Waals surface area contributed by atoms with E-state index in [0.29, 0.717) is 26.1 Å². The van der Waals surface area contributed by atoms with E-state index in [-0.39, 0.29) is 11.0 Å². The van der Waals surface area contributed by atoms with Crippen molar-refractivity contribution in [2.45, 2.75) is 57.6 Å². The summed E-state index contributed by atoms with van der Waals surface area (Å²) in [6, 6.07) is 25.0. The lowest BCUT2D eigenvalue weighted by Crippen LogP contribution is -2.68. The van der Waals surface area contributed by atoms with Gasteiger partial charge < -0.3 is 13.9 Å². The van der Waals surface area contributed by atoms with Gasteiger partial charge in [-0.3, -0.25) is 4.98 Å². The van der Waals surface area contributed by atoms with Crippen LogP contribution in [0.3, 0.4) is 0 Å². The van der Waals surface area contributed by atoms with Gasteiger partial charge >= 0.3 is 14.3 Å². The molecule has 1 unspecified atom stereocenters. The Hall–Kier alpha value is -2.96. The Balaban J connectivity index is 1.68. The predicted octanol–water partition coefficient (Wildman–Crippen LogP) is 4.68. The lowest BCUT2D eigenvalue weighted by Gasteiger charge is -2.42. The monoisotopic (exact) mass is 489 g/mol. The maximum Gasteiger partial charge on any atom is 0.338 e. The third kappa shape index (κ3) is 5.04. The number of rotatable bonds is 8. The van der Waals surface area contributed by atoms with Crippen molar-refractivity contribution < 1.29 is 18.7 Å². The average Bonchev–Trinajstić information content (AvgIpc) is 3.34. The molecule has 2 heterocycles. The smallest absolute Gasteiger partial charge is 0.338 e. The van der Waals surface area contributed by atoms with E-state index < -0.39 is 13.9 Å². The Labute approximate surface area is 209 Å². The number of carbonyl (C=O) groups is 1. The number of esters is 1. The molecule has 6 heteroatoms. The molecule has 0 aliphatic carbocycles. The van der Waals surface area contributed by atoms with Gasteiger partial charge in [0.05, 0.1) is 12.8 Å². The zero-order valence-electron chi connectivity index (χ0n) is 21.1. The molecule has 0 spiro atoms. The number of benzene rings is 2. The van der Waals surface area contributed by atoms with Gasteiger partial charge in [0, 0.05) is 18.7 Å². The van der Waals surface area contributed by atoms with Crippen molar-refractivity contribution in [3.8, 4) is 5.75 Å². The van der Waals surface area contributed by atoms with Gasteiger partial charge in [-0.05, 0) is 47.3 Å². The third-order valence-electron chi connectivity index (χ3n) is 6.70. The Bertz CT molecular complexity index is 1070. The van der Waals surface area contributed by atoms with Crippen molar-refractivity contribution in [1.29, 1.82) is 0 Å². The minimum Gasteiger partial charge on any atom is -0.533 e. The Kier molecular flexibility index (Phi) is 7.43. The van der Waals surface area contributed by atoms with E-state index in [9.17, 15) is 4.79 Å². The van der Waals surface area contributed by atoms with E-state index in [1.807, 2.05) is 31.2 Å². The zero-order chi connectivity index (χ0) is 24.9. The van der Waals surface area contributed by atoms with Crippen molar-refractivity contribution in [2.75, 3.05) is 13.2 Å². The van der Waals surface area contributed by atoms with Gasteiger partial charge in [-0.1, -0.05) is 81.4 Å². The van der Waals surface area contributed by atoms with Gasteiger partial charge in [0.15, 0.2) is 5.60 Å². The van der Waals surface area contributed by atoms with Crippen LogP contribution >= 0.6 is 0 Å². The molecule has 35 heavy (non-hydrogen) atoms. The lowest BCUT2D eigenvalue weighted by atomic mass is 9.94. The van der Waals surface area contributed by atoms with Crippen molar-refractivity contribution in [2.24, 2.45) is 0 Å². The molecule has 1 aliphatic rings. The van der Waals surface area contributed by atoms with Gasteiger partial charge in [-0.2, -0.15) is 0 Å². The molecule has 1 aliphatic heterocycles. The minimum atomic E-state index is -2.73. The summed E-state index contributed by atoms with van der Waals surface area (Å²) in [5.74, 6) is 0.424. The summed E-state index contributed by atoms with van der Waals surface area (Å²) in [4.78, 5) is 17.3. The first kappa shape index (κ1) is 25.1. The first-order valence-corrected chi connectivity index (χ1v) is 14.3. The third-order valence-corrected chi connectivity index (χ3v) is 11.6. The summed E-state index contributed by atoms with van der Waals surface area (Å²) < 4.78 is 18.2. The number of hydrogen-bond acceptors (Lipinski definition) is 5. The van der Waals surface area contributed by atoms with Crippen LogP contribution in [-0.4, -0.2) is 38.1 Å². The van der Waals surface area contributed by atoms with Crippen LogP contribution in [0, 0.1) is 0 Å². The number of hydrogen-bond donors (Lipinski definition) is 0. The predicted molar refractivity (Wildman–Crippen MR) is 141 cm³/mol. The molecule has 0 N–H and O–H groups in total. The normalized spacial score (nSPS) is 18.3. The highest BCUT2D eigenvalue weighted by Gasteiger charge is 2.52. The Morgan fingerprint density at radius 3 is 2.09 bits per heavy atom. The molecule has 0 bridgehead atoms. The van der Waals surface area contributed by atoms with Crippen LogP contribution in [0.15, 0.2) is 79.0 Å². The number of ether oxygens (including phenoxy) is 2. The van der Waals surface area contributed by atoms with Crippen molar-refractivity contribution in [1.82, 2.24) is 4.98 Å². The van der Waals surface area contributed by atoms with Gasteiger partial charge in [-0.15, -0.1) is 0 Å². The summed E-state index contributed by atoms with van der Waals surface area (Å²) in [7, 11) is -2.73. The van der Waals surface area contributed by atoms with E-state index in [0.717, 1.165) is 17.9 Å². The Morgan fingerprint density at radius 1 is 1.00 bits per heavy atom. The molecule has 1 fully saturated rings. The second-order valence-electron chi connectivity index (χ2n) is 10.1. The molecule has 0 saturated carbocycles. The SMILES string of the molecule is CCOC(=O)C1(Cc2ccc(O[Si](c3ccccc3)(c3ccccc3)C(C)(C)C)cn2)CCCO1. The maximum absolute atomic E-state index is 12.7. The fourth-order valence-corrected chi connectivity index (χ4v) is 9.43. The molecule has 184 valence electrons. The van der Waals surface area contributed by atoms with Gasteiger partial charge in [-0.25, -0.2) is 4.79 Å². The molecule has 3 aromatic rings. The van der Waals surface area contributed by atoms with Crippen LogP contribution in [0.2, 0.25) is 5.04 Å².